The van der Waals surface area contributed by atoms with Crippen molar-refractivity contribution in [1.29, 1.82) is 0 Å². The summed E-state index contributed by atoms with van der Waals surface area (Å²) in [5.74, 6) is -1.15. The minimum Gasteiger partial charge on any atom is -0.467 e. The number of amides is 1. The van der Waals surface area contributed by atoms with Crippen molar-refractivity contribution in [3.63, 3.8) is 0 Å². The molecule has 0 aliphatic carbocycles. The average molecular weight is 399 g/mol. The quantitative estimate of drug-likeness (QED) is 0.645. The predicted octanol–water partition coefficient (Wildman–Crippen LogP) is 2.34. The zero-order chi connectivity index (χ0) is 20.8. The summed E-state index contributed by atoms with van der Waals surface area (Å²) >= 11 is 0. The number of rotatable bonds is 9. The molecule has 0 aliphatic heterocycles. The van der Waals surface area contributed by atoms with Crippen molar-refractivity contribution in [1.82, 2.24) is 9.62 Å². The number of aryl methyl sites for hydroxylation is 1. The minimum atomic E-state index is -3.68. The first-order valence-electron chi connectivity index (χ1n) is 9.13. The summed E-state index contributed by atoms with van der Waals surface area (Å²) in [6, 6.07) is 3.66. The Hall–Kier alpha value is -1.93. The summed E-state index contributed by atoms with van der Waals surface area (Å²) < 4.78 is 31.6. The maximum Gasteiger partial charge on any atom is 0.328 e. The Balaban J connectivity index is 3.26. The lowest BCUT2D eigenvalue weighted by Crippen LogP contribution is -2.45. The molecule has 0 saturated heterocycles. The van der Waals surface area contributed by atoms with E-state index in [-0.39, 0.29) is 16.4 Å². The highest BCUT2D eigenvalue weighted by atomic mass is 32.2. The van der Waals surface area contributed by atoms with Gasteiger partial charge in [0.1, 0.15) is 6.04 Å². The number of carbonyl (C=O) groups excluding carboxylic acids is 2. The van der Waals surface area contributed by atoms with Crippen molar-refractivity contribution in [3.05, 3.63) is 29.3 Å². The Bertz CT molecular complexity index is 772. The van der Waals surface area contributed by atoms with E-state index in [2.05, 4.69) is 5.32 Å². The van der Waals surface area contributed by atoms with Crippen LogP contribution < -0.4 is 5.32 Å². The Kier molecular flexibility index (Phi) is 8.43. The first kappa shape index (κ1) is 23.1. The molecule has 0 fully saturated rings. The highest BCUT2D eigenvalue weighted by Crippen LogP contribution is 2.20. The van der Waals surface area contributed by atoms with Gasteiger partial charge < -0.3 is 10.1 Å². The molecule has 0 radical (unpaired) electrons. The lowest BCUT2D eigenvalue weighted by molar-refractivity contribution is -0.144. The number of esters is 1. The van der Waals surface area contributed by atoms with Crippen LogP contribution in [0.3, 0.4) is 0 Å². The lowest BCUT2D eigenvalue weighted by Gasteiger charge is -2.23. The highest BCUT2D eigenvalue weighted by Gasteiger charge is 2.29. The number of hydrogen-bond donors (Lipinski definition) is 1. The van der Waals surface area contributed by atoms with Gasteiger partial charge in [-0.2, -0.15) is 4.31 Å². The average Bonchev–Trinajstić information content (AvgIpc) is 2.65. The number of nitrogens with one attached hydrogen (secondary N) is 1. The van der Waals surface area contributed by atoms with Gasteiger partial charge in [-0.3, -0.25) is 4.79 Å². The summed E-state index contributed by atoms with van der Waals surface area (Å²) in [5.41, 5.74) is 0.846. The molecule has 0 aliphatic rings. The molecule has 0 bridgehead atoms. The summed E-state index contributed by atoms with van der Waals surface area (Å²) in [4.78, 5) is 24.9. The van der Waals surface area contributed by atoms with E-state index in [1.807, 2.05) is 13.8 Å². The molecule has 0 aromatic heterocycles. The summed E-state index contributed by atoms with van der Waals surface area (Å²) in [6.07, 6.45) is 0.676. The molecular weight excluding hydrogens is 368 g/mol. The Morgan fingerprint density at radius 1 is 1.19 bits per heavy atom. The number of sulfonamides is 1. The molecule has 0 saturated carbocycles. The molecule has 0 spiro atoms. The highest BCUT2D eigenvalue weighted by molar-refractivity contribution is 7.89. The van der Waals surface area contributed by atoms with E-state index in [4.69, 9.17) is 4.74 Å². The van der Waals surface area contributed by atoms with Crippen LogP contribution in [0.4, 0.5) is 0 Å². The van der Waals surface area contributed by atoms with Gasteiger partial charge in [-0.25, -0.2) is 13.2 Å². The predicted molar refractivity (Wildman–Crippen MR) is 104 cm³/mol. The Labute approximate surface area is 162 Å². The normalized spacial score (nSPS) is 13.9. The fraction of sp³-hybridized carbons (Fsp3) is 0.579. The van der Waals surface area contributed by atoms with Crippen LogP contribution in [0.2, 0.25) is 0 Å². The van der Waals surface area contributed by atoms with Gasteiger partial charge in [0.05, 0.1) is 12.0 Å². The van der Waals surface area contributed by atoms with Crippen molar-refractivity contribution >= 4 is 21.9 Å². The number of benzene rings is 1. The smallest absolute Gasteiger partial charge is 0.328 e. The summed E-state index contributed by atoms with van der Waals surface area (Å²) in [7, 11) is -2.41. The van der Waals surface area contributed by atoms with Crippen molar-refractivity contribution in [2.45, 2.75) is 52.0 Å². The van der Waals surface area contributed by atoms with Crippen LogP contribution in [0.25, 0.3) is 0 Å². The van der Waals surface area contributed by atoms with Gasteiger partial charge in [-0.15, -0.1) is 0 Å². The molecule has 0 heterocycles. The zero-order valence-corrected chi connectivity index (χ0v) is 17.7. The van der Waals surface area contributed by atoms with E-state index in [1.165, 1.54) is 23.5 Å². The molecule has 7 nitrogen and oxygen atoms in total. The molecule has 152 valence electrons. The second kappa shape index (κ2) is 9.85. The van der Waals surface area contributed by atoms with Crippen molar-refractivity contribution in [2.75, 3.05) is 20.2 Å². The molecule has 1 amide bonds. The first-order valence-corrected chi connectivity index (χ1v) is 10.6. The largest absolute Gasteiger partial charge is 0.467 e. The Morgan fingerprint density at radius 2 is 1.78 bits per heavy atom. The van der Waals surface area contributed by atoms with Crippen molar-refractivity contribution in [3.8, 4) is 0 Å². The number of nitrogens with zero attached hydrogens (tertiary/aromatic N) is 1. The van der Waals surface area contributed by atoms with Gasteiger partial charge in [-0.1, -0.05) is 40.2 Å². The van der Waals surface area contributed by atoms with Crippen LogP contribution in [-0.2, 0) is 19.6 Å². The molecule has 1 N–H and O–H groups in total. The van der Waals surface area contributed by atoms with Crippen LogP contribution in [0.15, 0.2) is 23.1 Å². The molecule has 2 atom stereocenters. The van der Waals surface area contributed by atoms with Gasteiger partial charge in [0.25, 0.3) is 5.91 Å². The standard InChI is InChI=1S/C19H30N2O5S/c1-7-13(4)17(19(23)26-6)20-18(22)16-12-15(11-10-14(16)5)27(24,25)21(8-2)9-3/h10-13,17H,7-9H2,1-6H3,(H,20,22)/t13-,17+/m0/s1. The minimum absolute atomic E-state index is 0.0557. The lowest BCUT2D eigenvalue weighted by atomic mass is 9.98. The third-order valence-corrected chi connectivity index (χ3v) is 6.80. The Morgan fingerprint density at radius 3 is 2.26 bits per heavy atom. The monoisotopic (exact) mass is 398 g/mol. The van der Waals surface area contributed by atoms with E-state index in [1.54, 1.807) is 26.8 Å². The van der Waals surface area contributed by atoms with Crippen LogP contribution >= 0.6 is 0 Å². The van der Waals surface area contributed by atoms with Gasteiger partial charge in [0.2, 0.25) is 10.0 Å². The molecule has 27 heavy (non-hydrogen) atoms. The third kappa shape index (κ3) is 5.29. The zero-order valence-electron chi connectivity index (χ0n) is 16.9. The summed E-state index contributed by atoms with van der Waals surface area (Å²) in [6.45, 7) is 9.68. The van der Waals surface area contributed by atoms with E-state index in [0.717, 1.165) is 0 Å². The summed E-state index contributed by atoms with van der Waals surface area (Å²) in [5, 5.41) is 2.69. The van der Waals surface area contributed by atoms with Crippen LogP contribution in [0.5, 0.6) is 0 Å². The second-order valence-electron chi connectivity index (χ2n) is 6.43. The number of carbonyl (C=O) groups is 2. The van der Waals surface area contributed by atoms with E-state index >= 15 is 0 Å². The molecule has 1 aromatic rings. The van der Waals surface area contributed by atoms with Crippen LogP contribution in [0, 0.1) is 12.8 Å². The van der Waals surface area contributed by atoms with E-state index in [0.29, 0.717) is 25.1 Å². The molecule has 8 heteroatoms. The SMILES string of the molecule is CC[C@H](C)[C@@H](NC(=O)c1cc(S(=O)(=O)N(CC)CC)ccc1C)C(=O)OC. The maximum atomic E-state index is 12.8. The fourth-order valence-electron chi connectivity index (χ4n) is 2.73. The van der Waals surface area contributed by atoms with Gasteiger partial charge in [0, 0.05) is 18.7 Å². The fourth-order valence-corrected chi connectivity index (χ4v) is 4.22. The molecular formula is C19H30N2O5S. The maximum absolute atomic E-state index is 12.8. The topological polar surface area (TPSA) is 92.8 Å². The second-order valence-corrected chi connectivity index (χ2v) is 8.36. The molecule has 0 unspecified atom stereocenters. The van der Waals surface area contributed by atoms with Crippen LogP contribution in [0.1, 0.15) is 50.0 Å². The number of methoxy groups -OCH3 is 1. The number of ether oxygens (including phenoxy) is 1. The first-order chi connectivity index (χ1) is 12.6. The third-order valence-electron chi connectivity index (χ3n) is 4.75. The van der Waals surface area contributed by atoms with Gasteiger partial charge in [-0.05, 0) is 30.5 Å². The van der Waals surface area contributed by atoms with E-state index < -0.39 is 27.9 Å². The van der Waals surface area contributed by atoms with Crippen molar-refractivity contribution in [2.24, 2.45) is 5.92 Å². The van der Waals surface area contributed by atoms with Crippen LogP contribution in [-0.4, -0.2) is 50.8 Å². The van der Waals surface area contributed by atoms with E-state index in [9.17, 15) is 18.0 Å². The molecule has 1 aromatic carbocycles. The van der Waals surface area contributed by atoms with Gasteiger partial charge in [0.15, 0.2) is 0 Å². The van der Waals surface area contributed by atoms with Crippen molar-refractivity contribution < 1.29 is 22.7 Å². The molecule has 1 rings (SSSR count). The van der Waals surface area contributed by atoms with Gasteiger partial charge >= 0.3 is 5.97 Å². The number of hydrogen-bond acceptors (Lipinski definition) is 5.